The number of amidine groups is 4. The molecule has 0 unspecified atom stereocenters. The van der Waals surface area contributed by atoms with Crippen molar-refractivity contribution in [3.63, 3.8) is 0 Å². The van der Waals surface area contributed by atoms with Crippen molar-refractivity contribution in [1.29, 1.82) is 5.41 Å². The fourth-order valence-corrected chi connectivity index (χ4v) is 1.80. The Hall–Kier alpha value is -2.20. The summed E-state index contributed by atoms with van der Waals surface area (Å²) in [7, 11) is 0. The molecule has 26 heavy (non-hydrogen) atoms. The van der Waals surface area contributed by atoms with E-state index in [1.165, 1.54) is 0 Å². The summed E-state index contributed by atoms with van der Waals surface area (Å²) in [5.74, 6) is 1.29. The summed E-state index contributed by atoms with van der Waals surface area (Å²) in [5, 5.41) is 27.1. The Kier molecular flexibility index (Phi) is 14.9. The van der Waals surface area contributed by atoms with Crippen LogP contribution in [0.2, 0.25) is 0 Å². The monoisotopic (exact) mass is 366 g/mol. The number of hydrogen-bond donors (Lipinski definition) is 5. The first-order chi connectivity index (χ1) is 12.6. The standard InChI is InChI=1S/C16H34N10/c1-3-5-7-9-13(19)21-23-15(10-8-6-4-2)24-26-16(12-18)25-22-14(20)11-17/h20H,3-12,17-18H2,1-2H3,(H2,19,21)(H,23,24)/b20-14?,25-22-,26-16+. The third-order valence-electron chi connectivity index (χ3n) is 3.33. The molecule has 148 valence electrons. The number of azo groups is 1. The smallest absolute Gasteiger partial charge is 0.184 e. The van der Waals surface area contributed by atoms with E-state index in [2.05, 4.69) is 44.8 Å². The molecule has 0 spiro atoms. The zero-order valence-electron chi connectivity index (χ0n) is 16.0. The number of nitrogens with zero attached hydrogens (tertiary/aromatic N) is 5. The maximum absolute atomic E-state index is 7.36. The van der Waals surface area contributed by atoms with E-state index >= 15 is 0 Å². The van der Waals surface area contributed by atoms with Crippen LogP contribution in [0.15, 0.2) is 25.5 Å². The Labute approximate surface area is 156 Å². The average Bonchev–Trinajstić information content (AvgIpc) is 2.65. The van der Waals surface area contributed by atoms with E-state index in [0.717, 1.165) is 44.9 Å². The number of nitrogens with one attached hydrogen (secondary N) is 2. The lowest BCUT2D eigenvalue weighted by molar-refractivity contribution is 0.727. The summed E-state index contributed by atoms with van der Waals surface area (Å²) in [5.41, 5.74) is 19.6. The molecule has 0 aromatic carbocycles. The highest BCUT2D eigenvalue weighted by Gasteiger charge is 2.01. The zero-order valence-corrected chi connectivity index (χ0v) is 16.0. The molecule has 0 aliphatic carbocycles. The minimum atomic E-state index is -0.0487. The van der Waals surface area contributed by atoms with Crippen molar-refractivity contribution >= 4 is 23.3 Å². The van der Waals surface area contributed by atoms with E-state index in [1.54, 1.807) is 0 Å². The van der Waals surface area contributed by atoms with E-state index in [0.29, 0.717) is 18.1 Å². The van der Waals surface area contributed by atoms with Gasteiger partial charge in [-0.3, -0.25) is 10.8 Å². The number of hydrogen-bond acceptors (Lipinski definition) is 6. The first-order valence-corrected chi connectivity index (χ1v) is 9.18. The topological polar surface area (TPSA) is 176 Å². The summed E-state index contributed by atoms with van der Waals surface area (Å²) in [6.45, 7) is 4.34. The quantitative estimate of drug-likeness (QED) is 0.117. The molecule has 0 rings (SSSR count). The van der Waals surface area contributed by atoms with Gasteiger partial charge in [-0.15, -0.1) is 20.4 Å². The van der Waals surface area contributed by atoms with Gasteiger partial charge >= 0.3 is 0 Å². The fraction of sp³-hybridized carbons (Fsp3) is 0.750. The van der Waals surface area contributed by atoms with Gasteiger partial charge < -0.3 is 17.2 Å². The highest BCUT2D eigenvalue weighted by molar-refractivity contribution is 5.90. The fourth-order valence-electron chi connectivity index (χ4n) is 1.80. The van der Waals surface area contributed by atoms with Crippen LogP contribution in [-0.4, -0.2) is 36.4 Å². The van der Waals surface area contributed by atoms with Crippen LogP contribution in [0, 0.1) is 5.41 Å². The van der Waals surface area contributed by atoms with Gasteiger partial charge in [-0.1, -0.05) is 39.5 Å². The lowest BCUT2D eigenvalue weighted by Gasteiger charge is -2.05. The molecule has 0 heterocycles. The molecule has 0 amide bonds. The number of nitrogens with two attached hydrogens (primary N) is 3. The molecule has 0 aliphatic heterocycles. The summed E-state index contributed by atoms with van der Waals surface area (Å²) in [6, 6.07) is 0. The molecular weight excluding hydrogens is 332 g/mol. The summed E-state index contributed by atoms with van der Waals surface area (Å²) < 4.78 is 0. The van der Waals surface area contributed by atoms with Gasteiger partial charge in [0.15, 0.2) is 11.7 Å². The van der Waals surface area contributed by atoms with Gasteiger partial charge in [-0.05, 0) is 12.8 Å². The minimum absolute atomic E-state index is 0.00449. The van der Waals surface area contributed by atoms with Crippen molar-refractivity contribution in [3.8, 4) is 0 Å². The molecule has 0 aromatic heterocycles. The Morgan fingerprint density at radius 1 is 0.885 bits per heavy atom. The summed E-state index contributed by atoms with van der Waals surface area (Å²) in [6.07, 6.45) is 7.81. The van der Waals surface area contributed by atoms with Crippen LogP contribution in [0.25, 0.3) is 0 Å². The van der Waals surface area contributed by atoms with Crippen LogP contribution in [0.5, 0.6) is 0 Å². The van der Waals surface area contributed by atoms with Crippen LogP contribution in [0.3, 0.4) is 0 Å². The Morgan fingerprint density at radius 2 is 1.54 bits per heavy atom. The minimum Gasteiger partial charge on any atom is -0.386 e. The largest absolute Gasteiger partial charge is 0.386 e. The van der Waals surface area contributed by atoms with E-state index in [1.807, 2.05) is 0 Å². The third kappa shape index (κ3) is 13.1. The first kappa shape index (κ1) is 23.8. The SMILES string of the molecule is CCCCC/C(N)=N/N=C(/CCCCC)N/N=C(CN)/N=N\C(=N)CN. The van der Waals surface area contributed by atoms with Gasteiger partial charge in [0.05, 0.1) is 13.1 Å². The van der Waals surface area contributed by atoms with Crippen LogP contribution in [0.1, 0.15) is 65.2 Å². The predicted octanol–water partition coefficient (Wildman–Crippen LogP) is 2.07. The second-order valence-corrected chi connectivity index (χ2v) is 5.75. The number of unbranched alkanes of at least 4 members (excludes halogenated alkanes) is 4. The molecule has 10 heteroatoms. The van der Waals surface area contributed by atoms with E-state index in [-0.39, 0.29) is 24.8 Å². The highest BCUT2D eigenvalue weighted by atomic mass is 15.4. The zero-order chi connectivity index (χ0) is 19.6. The summed E-state index contributed by atoms with van der Waals surface area (Å²) in [4.78, 5) is 0. The van der Waals surface area contributed by atoms with Gasteiger partial charge in [0.2, 0.25) is 0 Å². The van der Waals surface area contributed by atoms with Gasteiger partial charge in [0, 0.05) is 12.8 Å². The maximum Gasteiger partial charge on any atom is 0.184 e. The Bertz CT molecular complexity index is 507. The summed E-state index contributed by atoms with van der Waals surface area (Å²) >= 11 is 0. The van der Waals surface area contributed by atoms with Crippen LogP contribution < -0.4 is 22.6 Å². The van der Waals surface area contributed by atoms with Crippen molar-refractivity contribution in [1.82, 2.24) is 5.43 Å². The first-order valence-electron chi connectivity index (χ1n) is 9.18. The third-order valence-corrected chi connectivity index (χ3v) is 3.33. The van der Waals surface area contributed by atoms with E-state index in [9.17, 15) is 0 Å². The second-order valence-electron chi connectivity index (χ2n) is 5.75. The highest BCUT2D eigenvalue weighted by Crippen LogP contribution is 2.02. The predicted molar refractivity (Wildman–Crippen MR) is 109 cm³/mol. The molecule has 0 fully saturated rings. The molecule has 10 nitrogen and oxygen atoms in total. The molecule has 0 atom stereocenters. The molecule has 0 aliphatic rings. The van der Waals surface area contributed by atoms with Gasteiger partial charge in [-0.2, -0.15) is 5.10 Å². The number of rotatable bonds is 12. The van der Waals surface area contributed by atoms with Crippen molar-refractivity contribution in [2.24, 2.45) is 42.7 Å². The van der Waals surface area contributed by atoms with Gasteiger partial charge in [0.1, 0.15) is 11.7 Å². The van der Waals surface area contributed by atoms with Crippen molar-refractivity contribution < 1.29 is 0 Å². The maximum atomic E-state index is 7.36. The molecule has 0 saturated heterocycles. The van der Waals surface area contributed by atoms with Crippen molar-refractivity contribution in [2.75, 3.05) is 13.1 Å². The molecule has 0 aromatic rings. The van der Waals surface area contributed by atoms with E-state index < -0.39 is 0 Å². The number of hydrazone groups is 1. The average molecular weight is 367 g/mol. The van der Waals surface area contributed by atoms with Crippen LogP contribution in [-0.2, 0) is 0 Å². The molecule has 0 bridgehead atoms. The van der Waals surface area contributed by atoms with Crippen molar-refractivity contribution in [3.05, 3.63) is 0 Å². The van der Waals surface area contributed by atoms with Crippen LogP contribution in [0.4, 0.5) is 0 Å². The molecule has 0 radical (unpaired) electrons. The lowest BCUT2D eigenvalue weighted by Crippen LogP contribution is -2.23. The molecule has 8 N–H and O–H groups in total. The van der Waals surface area contributed by atoms with E-state index in [4.69, 9.17) is 22.6 Å². The normalized spacial score (nSPS) is 13.5. The second kappa shape index (κ2) is 16.3. The van der Waals surface area contributed by atoms with Gasteiger partial charge in [0.25, 0.3) is 0 Å². The Morgan fingerprint density at radius 3 is 2.12 bits per heavy atom. The van der Waals surface area contributed by atoms with Crippen molar-refractivity contribution in [2.45, 2.75) is 65.2 Å². The molecular formula is C16H34N10. The van der Waals surface area contributed by atoms with Crippen LogP contribution >= 0.6 is 0 Å². The lowest BCUT2D eigenvalue weighted by atomic mass is 10.2. The Balaban J connectivity index is 4.96. The van der Waals surface area contributed by atoms with Gasteiger partial charge in [-0.25, -0.2) is 0 Å². The molecule has 0 saturated carbocycles.